The Balaban J connectivity index is 2.06. The molecule has 3 rings (SSSR count). The van der Waals surface area contributed by atoms with Gasteiger partial charge in [0.2, 0.25) is 5.78 Å². The number of aryl methyl sites for hydroxylation is 1. The lowest BCUT2D eigenvalue weighted by Gasteiger charge is -2.03. The van der Waals surface area contributed by atoms with Crippen LogP contribution in [0.5, 0.6) is 0 Å². The second-order valence-electron chi connectivity index (χ2n) is 4.54. The van der Waals surface area contributed by atoms with E-state index < -0.39 is 0 Å². The van der Waals surface area contributed by atoms with E-state index in [1.165, 1.54) is 0 Å². The third-order valence-corrected chi connectivity index (χ3v) is 3.80. The third-order valence-electron chi connectivity index (χ3n) is 3.00. The maximum atomic E-state index is 12.5. The summed E-state index contributed by atoms with van der Waals surface area (Å²) in [6, 6.07) is 3.81. The van der Waals surface area contributed by atoms with Crippen molar-refractivity contribution in [2.45, 2.75) is 18.9 Å². The molecule has 0 spiro atoms. The Morgan fingerprint density at radius 3 is 2.79 bits per heavy atom. The molecule has 96 valence electrons. The molecule has 0 bridgehead atoms. The SMILES string of the molecule is Cn1cc(C(=O)c2cc(C#N)nn2C2CC2)c(I)n1. The molecule has 2 aromatic rings. The van der Waals surface area contributed by atoms with E-state index in [-0.39, 0.29) is 17.5 Å². The molecule has 1 saturated carbocycles. The average molecular weight is 367 g/mol. The highest BCUT2D eigenvalue weighted by atomic mass is 127. The smallest absolute Gasteiger partial charge is 0.215 e. The Morgan fingerprint density at radius 2 is 2.26 bits per heavy atom. The largest absolute Gasteiger partial charge is 0.287 e. The van der Waals surface area contributed by atoms with Crippen molar-refractivity contribution in [3.63, 3.8) is 0 Å². The van der Waals surface area contributed by atoms with Crippen LogP contribution in [0.3, 0.4) is 0 Å². The number of hydrogen-bond donors (Lipinski definition) is 0. The third kappa shape index (κ3) is 2.16. The molecule has 0 N–H and O–H groups in total. The Morgan fingerprint density at radius 1 is 1.53 bits per heavy atom. The summed E-state index contributed by atoms with van der Waals surface area (Å²) in [5.74, 6) is -0.126. The molecule has 7 heteroatoms. The first-order chi connectivity index (χ1) is 9.10. The zero-order valence-electron chi connectivity index (χ0n) is 10.2. The van der Waals surface area contributed by atoms with E-state index in [1.807, 2.05) is 28.7 Å². The highest BCUT2D eigenvalue weighted by Crippen LogP contribution is 2.36. The van der Waals surface area contributed by atoms with Gasteiger partial charge < -0.3 is 0 Å². The summed E-state index contributed by atoms with van der Waals surface area (Å²) < 4.78 is 3.95. The molecule has 0 atom stereocenters. The van der Waals surface area contributed by atoms with Crippen molar-refractivity contribution >= 4 is 28.4 Å². The van der Waals surface area contributed by atoms with Gasteiger partial charge in [-0.2, -0.15) is 15.5 Å². The monoisotopic (exact) mass is 367 g/mol. The van der Waals surface area contributed by atoms with Gasteiger partial charge in [-0.05, 0) is 35.4 Å². The highest BCUT2D eigenvalue weighted by Gasteiger charge is 2.30. The molecule has 1 aliphatic rings. The molecule has 0 aliphatic heterocycles. The van der Waals surface area contributed by atoms with Crippen molar-refractivity contribution in [1.82, 2.24) is 19.6 Å². The fourth-order valence-corrected chi connectivity index (χ4v) is 2.69. The van der Waals surface area contributed by atoms with Crippen LogP contribution in [0.2, 0.25) is 0 Å². The summed E-state index contributed by atoms with van der Waals surface area (Å²) in [4.78, 5) is 12.5. The molecule has 0 amide bonds. The lowest BCUT2D eigenvalue weighted by molar-refractivity contribution is 0.102. The minimum atomic E-state index is -0.126. The molecule has 0 unspecified atom stereocenters. The first-order valence-electron chi connectivity index (χ1n) is 5.83. The zero-order valence-corrected chi connectivity index (χ0v) is 12.3. The second kappa shape index (κ2) is 4.45. The molecular formula is C12H10IN5O. The van der Waals surface area contributed by atoms with Gasteiger partial charge in [-0.25, -0.2) is 0 Å². The van der Waals surface area contributed by atoms with Crippen molar-refractivity contribution in [2.24, 2.45) is 7.05 Å². The molecular weight excluding hydrogens is 357 g/mol. The molecule has 0 aromatic carbocycles. The summed E-state index contributed by atoms with van der Waals surface area (Å²) in [6.07, 6.45) is 3.72. The van der Waals surface area contributed by atoms with Gasteiger partial charge in [-0.1, -0.05) is 0 Å². The number of nitriles is 1. The average Bonchev–Trinajstić information content (AvgIpc) is 3.05. The zero-order chi connectivity index (χ0) is 13.6. The number of hydrogen-bond acceptors (Lipinski definition) is 4. The molecule has 19 heavy (non-hydrogen) atoms. The fourth-order valence-electron chi connectivity index (χ4n) is 1.97. The number of aromatic nitrogens is 4. The van der Waals surface area contributed by atoms with Gasteiger partial charge in [-0.3, -0.25) is 14.2 Å². The Bertz CT molecular complexity index is 704. The number of halogens is 1. The lowest BCUT2D eigenvalue weighted by Crippen LogP contribution is -2.10. The van der Waals surface area contributed by atoms with Crippen LogP contribution in [-0.2, 0) is 7.05 Å². The van der Waals surface area contributed by atoms with E-state index in [1.54, 1.807) is 28.7 Å². The molecule has 2 aromatic heterocycles. The molecule has 1 fully saturated rings. The highest BCUT2D eigenvalue weighted by molar-refractivity contribution is 14.1. The van der Waals surface area contributed by atoms with Gasteiger partial charge in [0.15, 0.2) is 5.69 Å². The van der Waals surface area contributed by atoms with Crippen molar-refractivity contribution in [2.75, 3.05) is 0 Å². The van der Waals surface area contributed by atoms with Gasteiger partial charge in [-0.15, -0.1) is 0 Å². The first-order valence-corrected chi connectivity index (χ1v) is 6.91. The summed E-state index contributed by atoms with van der Waals surface area (Å²) in [5.41, 5.74) is 1.31. The predicted molar refractivity (Wildman–Crippen MR) is 74.6 cm³/mol. The van der Waals surface area contributed by atoms with Crippen LogP contribution in [-0.4, -0.2) is 25.3 Å². The molecule has 0 radical (unpaired) electrons. The first kappa shape index (κ1) is 12.3. The van der Waals surface area contributed by atoms with Crippen LogP contribution in [0, 0.1) is 15.0 Å². The topological polar surface area (TPSA) is 76.5 Å². The van der Waals surface area contributed by atoms with E-state index in [9.17, 15) is 4.79 Å². The van der Waals surface area contributed by atoms with Crippen LogP contribution in [0.25, 0.3) is 0 Å². The van der Waals surface area contributed by atoms with Gasteiger partial charge in [0.05, 0.1) is 11.6 Å². The summed E-state index contributed by atoms with van der Waals surface area (Å²) in [7, 11) is 1.78. The fraction of sp³-hybridized carbons (Fsp3) is 0.333. The van der Waals surface area contributed by atoms with Crippen LogP contribution in [0.1, 0.15) is 40.6 Å². The summed E-state index contributed by atoms with van der Waals surface area (Å²) in [6.45, 7) is 0. The van der Waals surface area contributed by atoms with Crippen LogP contribution >= 0.6 is 22.6 Å². The van der Waals surface area contributed by atoms with Crippen LogP contribution < -0.4 is 0 Å². The standard InChI is InChI=1S/C12H10IN5O/c1-17-6-9(12(13)16-17)11(19)10-4-7(5-14)15-18(10)8-2-3-8/h4,6,8H,2-3H2,1H3. The van der Waals surface area contributed by atoms with E-state index in [0.29, 0.717) is 15.0 Å². The van der Waals surface area contributed by atoms with Crippen molar-refractivity contribution in [3.05, 3.63) is 32.9 Å². The Hall–Kier alpha value is -1.69. The van der Waals surface area contributed by atoms with Crippen molar-refractivity contribution < 1.29 is 4.79 Å². The number of ketones is 1. The molecule has 2 heterocycles. The quantitative estimate of drug-likeness (QED) is 0.611. The summed E-state index contributed by atoms with van der Waals surface area (Å²) >= 11 is 2.04. The van der Waals surface area contributed by atoms with E-state index in [2.05, 4.69) is 10.2 Å². The van der Waals surface area contributed by atoms with Crippen LogP contribution in [0.15, 0.2) is 12.3 Å². The minimum Gasteiger partial charge on any atom is -0.287 e. The van der Waals surface area contributed by atoms with Gasteiger partial charge in [0.1, 0.15) is 15.5 Å². The number of carbonyl (C=O) groups excluding carboxylic acids is 1. The molecule has 0 saturated heterocycles. The Labute approximate surface area is 123 Å². The summed E-state index contributed by atoms with van der Waals surface area (Å²) in [5, 5.41) is 17.3. The second-order valence-corrected chi connectivity index (χ2v) is 5.56. The van der Waals surface area contributed by atoms with Gasteiger partial charge in [0.25, 0.3) is 0 Å². The van der Waals surface area contributed by atoms with Crippen LogP contribution in [0.4, 0.5) is 0 Å². The van der Waals surface area contributed by atoms with Crippen molar-refractivity contribution in [3.8, 4) is 6.07 Å². The Kier molecular flexibility index (Phi) is 2.89. The van der Waals surface area contributed by atoms with E-state index in [4.69, 9.17) is 5.26 Å². The van der Waals surface area contributed by atoms with Crippen molar-refractivity contribution in [1.29, 1.82) is 5.26 Å². The molecule has 1 aliphatic carbocycles. The number of nitrogens with zero attached hydrogens (tertiary/aromatic N) is 5. The number of carbonyl (C=O) groups is 1. The minimum absolute atomic E-state index is 0.126. The van der Waals surface area contributed by atoms with Gasteiger partial charge in [0, 0.05) is 19.3 Å². The predicted octanol–water partition coefficient (Wildman–Crippen LogP) is 1.66. The van der Waals surface area contributed by atoms with E-state index in [0.717, 1.165) is 12.8 Å². The normalized spacial score (nSPS) is 14.4. The molecule has 6 nitrogen and oxygen atoms in total. The van der Waals surface area contributed by atoms with E-state index >= 15 is 0 Å². The number of rotatable bonds is 3. The lowest BCUT2D eigenvalue weighted by atomic mass is 10.1. The maximum Gasteiger partial charge on any atom is 0.215 e. The van der Waals surface area contributed by atoms with Gasteiger partial charge >= 0.3 is 0 Å². The maximum absolute atomic E-state index is 12.5.